The Morgan fingerprint density at radius 1 is 1.67 bits per heavy atom. The van der Waals surface area contributed by atoms with Crippen LogP contribution in [0.4, 0.5) is 5.69 Å². The number of carbonyl (C=O) groups is 1. The lowest BCUT2D eigenvalue weighted by Gasteiger charge is -2.13. The minimum atomic E-state index is -0.730. The number of nitro benzene ring substituents is 1. The summed E-state index contributed by atoms with van der Waals surface area (Å²) in [5, 5.41) is 13.1. The largest absolute Gasteiger partial charge is 0.481 e. The lowest BCUT2D eigenvalue weighted by Crippen LogP contribution is -2.36. The van der Waals surface area contributed by atoms with Crippen molar-refractivity contribution < 1.29 is 14.5 Å². The molecule has 1 aromatic rings. The zero-order valence-corrected chi connectivity index (χ0v) is 9.96. The number of rotatable bonds is 6. The average Bonchev–Trinajstić information content (AvgIpc) is 2.36. The fourth-order valence-electron chi connectivity index (χ4n) is 1.24. The number of benzene rings is 1. The lowest BCUT2D eigenvalue weighted by atomic mass is 10.3. The number of nitrogens with one attached hydrogen (secondary N) is 1. The highest BCUT2D eigenvalue weighted by atomic mass is 16.6. The van der Waals surface area contributed by atoms with Crippen molar-refractivity contribution in [1.82, 2.24) is 5.32 Å². The van der Waals surface area contributed by atoms with Gasteiger partial charge in [-0.1, -0.05) is 12.1 Å². The number of hydrogen-bond acceptors (Lipinski definition) is 4. The highest BCUT2D eigenvalue weighted by Crippen LogP contribution is 2.20. The van der Waals surface area contributed by atoms with Gasteiger partial charge in [-0.25, -0.2) is 0 Å². The molecule has 0 fully saturated rings. The molecule has 1 N–H and O–H groups in total. The van der Waals surface area contributed by atoms with E-state index >= 15 is 0 Å². The molecule has 1 atom stereocenters. The van der Waals surface area contributed by atoms with Crippen LogP contribution < -0.4 is 10.1 Å². The molecule has 0 heterocycles. The van der Waals surface area contributed by atoms with Gasteiger partial charge in [-0.05, 0) is 13.0 Å². The van der Waals surface area contributed by atoms with Crippen molar-refractivity contribution in [2.75, 3.05) is 6.54 Å². The van der Waals surface area contributed by atoms with Gasteiger partial charge >= 0.3 is 0 Å². The Balaban J connectivity index is 2.66. The van der Waals surface area contributed by atoms with Crippen molar-refractivity contribution in [1.29, 1.82) is 0 Å². The van der Waals surface area contributed by atoms with Gasteiger partial charge < -0.3 is 10.1 Å². The van der Waals surface area contributed by atoms with Crippen LogP contribution in [0.1, 0.15) is 6.92 Å². The molecule has 6 nitrogen and oxygen atoms in total. The molecule has 0 saturated heterocycles. The zero-order chi connectivity index (χ0) is 13.5. The molecule has 0 saturated carbocycles. The molecule has 18 heavy (non-hydrogen) atoms. The Hall–Kier alpha value is -2.37. The van der Waals surface area contributed by atoms with Crippen molar-refractivity contribution in [3.63, 3.8) is 0 Å². The van der Waals surface area contributed by atoms with Gasteiger partial charge in [0.2, 0.25) is 0 Å². The van der Waals surface area contributed by atoms with Gasteiger partial charge in [-0.3, -0.25) is 14.9 Å². The van der Waals surface area contributed by atoms with E-state index in [1.54, 1.807) is 19.1 Å². The second-order valence-corrected chi connectivity index (χ2v) is 3.55. The number of amides is 1. The van der Waals surface area contributed by atoms with Crippen molar-refractivity contribution in [2.24, 2.45) is 0 Å². The molecule has 0 aliphatic rings. The topological polar surface area (TPSA) is 81.5 Å². The molecule has 0 radical (unpaired) electrons. The minimum absolute atomic E-state index is 0.0776. The molecule has 0 spiro atoms. The molecule has 1 rings (SSSR count). The fraction of sp³-hybridized carbons (Fsp3) is 0.250. The zero-order valence-electron chi connectivity index (χ0n) is 9.96. The van der Waals surface area contributed by atoms with E-state index in [-0.39, 0.29) is 17.3 Å². The van der Waals surface area contributed by atoms with E-state index in [2.05, 4.69) is 11.9 Å². The van der Waals surface area contributed by atoms with E-state index in [1.165, 1.54) is 18.2 Å². The van der Waals surface area contributed by atoms with Crippen LogP contribution >= 0.6 is 0 Å². The fourth-order valence-corrected chi connectivity index (χ4v) is 1.24. The van der Waals surface area contributed by atoms with Crippen molar-refractivity contribution in [3.8, 4) is 5.75 Å². The van der Waals surface area contributed by atoms with Crippen molar-refractivity contribution in [3.05, 3.63) is 47.0 Å². The van der Waals surface area contributed by atoms with Crippen LogP contribution in [0.2, 0.25) is 0 Å². The first kappa shape index (κ1) is 13.7. The quantitative estimate of drug-likeness (QED) is 0.473. The third kappa shape index (κ3) is 3.89. The predicted molar refractivity (Wildman–Crippen MR) is 66.4 cm³/mol. The maximum atomic E-state index is 11.5. The number of non-ortho nitro benzene ring substituents is 1. The normalized spacial score (nSPS) is 11.4. The molecule has 1 aromatic carbocycles. The molecule has 0 bridgehead atoms. The summed E-state index contributed by atoms with van der Waals surface area (Å²) < 4.78 is 5.31. The summed E-state index contributed by atoms with van der Waals surface area (Å²) in [5.74, 6) is -0.0214. The summed E-state index contributed by atoms with van der Waals surface area (Å²) in [6.07, 6.45) is 0.824. The summed E-state index contributed by atoms with van der Waals surface area (Å²) >= 11 is 0. The van der Waals surface area contributed by atoms with Crippen LogP contribution in [-0.2, 0) is 4.79 Å². The molecule has 6 heteroatoms. The molecule has 96 valence electrons. The molecule has 1 amide bonds. The van der Waals surface area contributed by atoms with Gasteiger partial charge in [0, 0.05) is 12.6 Å². The van der Waals surface area contributed by atoms with Crippen molar-refractivity contribution in [2.45, 2.75) is 13.0 Å². The summed E-state index contributed by atoms with van der Waals surface area (Å²) in [5.41, 5.74) is -0.0776. The Kier molecular flexibility index (Phi) is 4.86. The Bertz CT molecular complexity index is 459. The second-order valence-electron chi connectivity index (χ2n) is 3.55. The first-order chi connectivity index (χ1) is 8.54. The van der Waals surface area contributed by atoms with E-state index in [0.29, 0.717) is 6.54 Å². The predicted octanol–water partition coefficient (Wildman–Crippen LogP) is 1.66. The standard InChI is InChI=1S/C12H14N2O4/c1-3-7-13-12(15)9(2)18-11-6-4-5-10(8-11)14(16)17/h3-6,8-9H,1,7H2,2H3,(H,13,15)/t9-/m1/s1. The molecule has 0 aliphatic heterocycles. The van der Waals surface area contributed by atoms with Crippen LogP contribution in [0.15, 0.2) is 36.9 Å². The molecule has 0 unspecified atom stereocenters. The molecule has 0 aliphatic carbocycles. The number of carbonyl (C=O) groups excluding carboxylic acids is 1. The summed E-state index contributed by atoms with van der Waals surface area (Å²) in [6, 6.07) is 5.69. The van der Waals surface area contributed by atoms with Gasteiger partial charge in [0.25, 0.3) is 11.6 Å². The molecule has 0 aromatic heterocycles. The van der Waals surface area contributed by atoms with Crippen LogP contribution in [0.25, 0.3) is 0 Å². The Morgan fingerprint density at radius 2 is 2.39 bits per heavy atom. The number of nitrogens with zero attached hydrogens (tertiary/aromatic N) is 1. The smallest absolute Gasteiger partial charge is 0.273 e. The molecular formula is C12H14N2O4. The van der Waals surface area contributed by atoms with Crippen molar-refractivity contribution >= 4 is 11.6 Å². The minimum Gasteiger partial charge on any atom is -0.481 e. The maximum Gasteiger partial charge on any atom is 0.273 e. The van der Waals surface area contributed by atoms with E-state index < -0.39 is 11.0 Å². The third-order valence-electron chi connectivity index (χ3n) is 2.13. The maximum absolute atomic E-state index is 11.5. The Labute approximate surface area is 104 Å². The van der Waals surface area contributed by atoms with Crippen LogP contribution in [0, 0.1) is 10.1 Å². The summed E-state index contributed by atoms with van der Waals surface area (Å²) in [4.78, 5) is 21.6. The third-order valence-corrected chi connectivity index (χ3v) is 2.13. The van der Waals surface area contributed by atoms with Gasteiger partial charge in [0.15, 0.2) is 6.10 Å². The van der Waals surface area contributed by atoms with E-state index in [4.69, 9.17) is 4.74 Å². The first-order valence-corrected chi connectivity index (χ1v) is 5.34. The SMILES string of the molecule is C=CCNC(=O)[C@@H](C)Oc1cccc([N+](=O)[O-])c1. The highest BCUT2D eigenvalue weighted by molar-refractivity contribution is 5.80. The van der Waals surface area contributed by atoms with Crippen LogP contribution in [0.3, 0.4) is 0 Å². The second kappa shape index (κ2) is 6.39. The molecular weight excluding hydrogens is 236 g/mol. The van der Waals surface area contributed by atoms with Crippen LogP contribution in [-0.4, -0.2) is 23.5 Å². The monoisotopic (exact) mass is 250 g/mol. The van der Waals surface area contributed by atoms with Crippen LogP contribution in [0.5, 0.6) is 5.75 Å². The van der Waals surface area contributed by atoms with Gasteiger partial charge in [-0.15, -0.1) is 6.58 Å². The van der Waals surface area contributed by atoms with E-state index in [9.17, 15) is 14.9 Å². The van der Waals surface area contributed by atoms with E-state index in [1.807, 2.05) is 0 Å². The van der Waals surface area contributed by atoms with Gasteiger partial charge in [-0.2, -0.15) is 0 Å². The first-order valence-electron chi connectivity index (χ1n) is 5.34. The highest BCUT2D eigenvalue weighted by Gasteiger charge is 2.15. The lowest BCUT2D eigenvalue weighted by molar-refractivity contribution is -0.384. The number of ether oxygens (including phenoxy) is 1. The average molecular weight is 250 g/mol. The summed E-state index contributed by atoms with van der Waals surface area (Å²) in [7, 11) is 0. The Morgan fingerprint density at radius 3 is 3.00 bits per heavy atom. The number of hydrogen-bond donors (Lipinski definition) is 1. The van der Waals surface area contributed by atoms with E-state index in [0.717, 1.165) is 0 Å². The van der Waals surface area contributed by atoms with Gasteiger partial charge in [0.1, 0.15) is 5.75 Å². The summed E-state index contributed by atoms with van der Waals surface area (Å²) in [6.45, 7) is 5.39. The van der Waals surface area contributed by atoms with Gasteiger partial charge in [0.05, 0.1) is 11.0 Å². The number of nitro groups is 1.